The molecule has 4 aliphatic carbocycles. The summed E-state index contributed by atoms with van der Waals surface area (Å²) in [6, 6.07) is 3.45. The largest absolute Gasteiger partial charge is 0.462 e. The van der Waals surface area contributed by atoms with Gasteiger partial charge in [0.15, 0.2) is 0 Å². The van der Waals surface area contributed by atoms with Crippen molar-refractivity contribution in [2.75, 3.05) is 12.0 Å². The lowest BCUT2D eigenvalue weighted by Crippen LogP contribution is -2.51. The van der Waals surface area contributed by atoms with Gasteiger partial charge in [-0.3, -0.25) is 40.0 Å². The van der Waals surface area contributed by atoms with E-state index in [1.807, 2.05) is 13.8 Å². The Balaban J connectivity index is 1.45. The fourth-order valence-corrected chi connectivity index (χ4v) is 10.0. The van der Waals surface area contributed by atoms with Gasteiger partial charge in [0.2, 0.25) is 5.91 Å². The molecular formula is C37H51N5O8. The Kier molecular flexibility index (Phi) is 10.8. The minimum absolute atomic E-state index is 0.000607. The summed E-state index contributed by atoms with van der Waals surface area (Å²) in [6.07, 6.45) is 9.28. The summed E-state index contributed by atoms with van der Waals surface area (Å²) in [5, 5.41) is 30.9. The maximum atomic E-state index is 13.9. The normalized spacial score (nSPS) is 32.0. The Morgan fingerprint density at radius 2 is 1.78 bits per heavy atom. The van der Waals surface area contributed by atoms with E-state index in [1.54, 1.807) is 0 Å². The van der Waals surface area contributed by atoms with Crippen LogP contribution < -0.4 is 10.7 Å². The smallest absolute Gasteiger partial charge is 0.302 e. The van der Waals surface area contributed by atoms with Crippen molar-refractivity contribution >= 4 is 40.4 Å². The highest BCUT2D eigenvalue weighted by atomic mass is 16.6. The number of non-ortho nitro benzene ring substituents is 1. The van der Waals surface area contributed by atoms with Gasteiger partial charge in [0.1, 0.15) is 17.6 Å². The Morgan fingerprint density at radius 3 is 2.44 bits per heavy atom. The number of esters is 1. The van der Waals surface area contributed by atoms with Crippen molar-refractivity contribution in [1.82, 2.24) is 5.32 Å². The zero-order valence-corrected chi connectivity index (χ0v) is 30.0. The molecule has 13 heteroatoms. The van der Waals surface area contributed by atoms with Crippen LogP contribution in [0.25, 0.3) is 0 Å². The molecule has 5 rings (SSSR count). The highest BCUT2D eigenvalue weighted by molar-refractivity contribution is 5.96. The van der Waals surface area contributed by atoms with Crippen LogP contribution in [-0.2, 0) is 19.1 Å². The average Bonchev–Trinajstić information content (AvgIpc) is 3.36. The van der Waals surface area contributed by atoms with E-state index in [9.17, 15) is 34.6 Å². The summed E-state index contributed by atoms with van der Waals surface area (Å²) in [5.41, 5.74) is 4.07. The maximum Gasteiger partial charge on any atom is 0.302 e. The number of rotatable bonds is 12. The molecule has 0 saturated heterocycles. The molecule has 0 aromatic heterocycles. The van der Waals surface area contributed by atoms with Crippen molar-refractivity contribution in [3.05, 3.63) is 50.1 Å². The van der Waals surface area contributed by atoms with Crippen LogP contribution in [0.5, 0.6) is 0 Å². The molecule has 13 nitrogen and oxygen atoms in total. The van der Waals surface area contributed by atoms with Gasteiger partial charge in [-0.2, -0.15) is 5.10 Å². The average molecular weight is 694 g/mol. The van der Waals surface area contributed by atoms with Crippen LogP contribution in [0.1, 0.15) is 99.3 Å². The van der Waals surface area contributed by atoms with Gasteiger partial charge in [0.05, 0.1) is 15.9 Å². The summed E-state index contributed by atoms with van der Waals surface area (Å²) >= 11 is 0. The van der Waals surface area contributed by atoms with Gasteiger partial charge in [0, 0.05) is 56.8 Å². The number of hydrazone groups is 1. The van der Waals surface area contributed by atoms with Gasteiger partial charge >= 0.3 is 11.7 Å². The second-order valence-electron chi connectivity index (χ2n) is 15.7. The first-order valence-corrected chi connectivity index (χ1v) is 17.9. The molecule has 1 aromatic rings. The minimum Gasteiger partial charge on any atom is -0.462 e. The van der Waals surface area contributed by atoms with E-state index in [1.165, 1.54) is 31.6 Å². The Hall–Kier alpha value is -4.16. The fraction of sp³-hybridized carbons (Fsp3) is 0.676. The van der Waals surface area contributed by atoms with E-state index >= 15 is 0 Å². The fourth-order valence-electron chi connectivity index (χ4n) is 10.0. The van der Waals surface area contributed by atoms with Crippen LogP contribution in [0.15, 0.2) is 34.9 Å². The number of ketones is 1. The predicted molar refractivity (Wildman–Crippen MR) is 188 cm³/mol. The molecule has 0 aliphatic heterocycles. The zero-order chi connectivity index (χ0) is 36.5. The van der Waals surface area contributed by atoms with Gasteiger partial charge in [-0.25, -0.2) is 0 Å². The number of nitro groups is 2. The summed E-state index contributed by atoms with van der Waals surface area (Å²) in [4.78, 5) is 58.9. The van der Waals surface area contributed by atoms with Crippen molar-refractivity contribution < 1.29 is 29.0 Å². The molecule has 0 radical (unpaired) electrons. The molecule has 0 bridgehead atoms. The van der Waals surface area contributed by atoms with Crippen LogP contribution in [0.2, 0.25) is 0 Å². The number of ether oxygens (including phenoxy) is 1. The highest BCUT2D eigenvalue weighted by Gasteiger charge is 2.62. The number of hydrogen-bond acceptors (Lipinski definition) is 10. The van der Waals surface area contributed by atoms with E-state index in [4.69, 9.17) is 9.84 Å². The lowest BCUT2D eigenvalue weighted by Gasteiger charge is -2.58. The molecule has 3 saturated carbocycles. The summed E-state index contributed by atoms with van der Waals surface area (Å²) in [6.45, 7) is 12.1. The Bertz CT molecular complexity index is 1610. The molecule has 2 N–H and O–H groups in total. The lowest BCUT2D eigenvalue weighted by molar-refractivity contribution is -0.393. The minimum atomic E-state index is -0.671. The van der Waals surface area contributed by atoms with Gasteiger partial charge in [-0.1, -0.05) is 39.3 Å². The number of nitro benzene ring substituents is 2. The summed E-state index contributed by atoms with van der Waals surface area (Å²) < 4.78 is 5.62. The molecule has 4 aliphatic rings. The number of allylic oxidation sites excluding steroid dienone is 1. The molecule has 0 heterocycles. The molecule has 0 spiro atoms. The maximum absolute atomic E-state index is 13.9. The Morgan fingerprint density at radius 1 is 1.04 bits per heavy atom. The first-order valence-electron chi connectivity index (χ1n) is 17.9. The third kappa shape index (κ3) is 7.32. The SMILES string of the molecule is CC(=O)NC[C@H](C)CCC(=O)[C@H](C)[C@@H]1/C(=N/Nc2ccc([N+](=O)[O-])cc2[N+](=O)[O-])C[C@@H]2[C@@H]3CC=C4C[C@@H](OC(C)=O)CC[C@]4(C)[C@H]3CC[C@@]21C. The van der Waals surface area contributed by atoms with Gasteiger partial charge in [-0.15, -0.1) is 0 Å². The third-order valence-corrected chi connectivity index (χ3v) is 12.6. The number of nitrogens with zero attached hydrogens (tertiary/aromatic N) is 3. The lowest BCUT2D eigenvalue weighted by atomic mass is 9.47. The predicted octanol–water partition coefficient (Wildman–Crippen LogP) is 7.15. The van der Waals surface area contributed by atoms with Gasteiger partial charge in [-0.05, 0) is 85.5 Å². The number of amides is 1. The van der Waals surface area contributed by atoms with Crippen LogP contribution in [0.4, 0.5) is 17.1 Å². The number of nitrogens with one attached hydrogen (secondary N) is 2. The van der Waals surface area contributed by atoms with Crippen LogP contribution in [0, 0.1) is 66.6 Å². The van der Waals surface area contributed by atoms with E-state index in [2.05, 4.69) is 30.7 Å². The number of Topliss-reactive ketones (excluding diaryl/α,β-unsaturated/α-hetero) is 1. The monoisotopic (exact) mass is 693 g/mol. The summed E-state index contributed by atoms with van der Waals surface area (Å²) in [5.74, 6) is 0.381. The molecule has 9 atom stereocenters. The number of fused-ring (bicyclic) bond motifs is 5. The van der Waals surface area contributed by atoms with Gasteiger partial charge in [0.25, 0.3) is 5.69 Å². The number of carbonyl (C=O) groups excluding carboxylic acids is 3. The topological polar surface area (TPSA) is 183 Å². The van der Waals surface area contributed by atoms with Crippen molar-refractivity contribution in [2.24, 2.45) is 51.4 Å². The molecule has 0 unspecified atom stereocenters. The van der Waals surface area contributed by atoms with Crippen molar-refractivity contribution in [3.63, 3.8) is 0 Å². The second-order valence-corrected chi connectivity index (χ2v) is 15.7. The van der Waals surface area contributed by atoms with Crippen LogP contribution in [-0.4, -0.2) is 45.9 Å². The van der Waals surface area contributed by atoms with Crippen LogP contribution >= 0.6 is 0 Å². The zero-order valence-electron chi connectivity index (χ0n) is 30.0. The quantitative estimate of drug-likeness (QED) is 0.0993. The van der Waals surface area contributed by atoms with E-state index in [0.717, 1.165) is 50.3 Å². The molecule has 1 amide bonds. The van der Waals surface area contributed by atoms with E-state index in [0.29, 0.717) is 37.6 Å². The van der Waals surface area contributed by atoms with Crippen molar-refractivity contribution in [2.45, 2.75) is 105 Å². The number of hydrogen-bond donors (Lipinski definition) is 2. The molecular weight excluding hydrogens is 642 g/mol. The van der Waals surface area contributed by atoms with Crippen LogP contribution in [0.3, 0.4) is 0 Å². The molecule has 50 heavy (non-hydrogen) atoms. The van der Waals surface area contributed by atoms with Gasteiger partial charge < -0.3 is 10.1 Å². The third-order valence-electron chi connectivity index (χ3n) is 12.6. The highest BCUT2D eigenvalue weighted by Crippen LogP contribution is 2.66. The summed E-state index contributed by atoms with van der Waals surface area (Å²) in [7, 11) is 0. The number of anilines is 1. The van der Waals surface area contributed by atoms with E-state index < -0.39 is 15.5 Å². The number of carbonyl (C=O) groups is 3. The first-order chi connectivity index (χ1) is 23.5. The van der Waals surface area contributed by atoms with Crippen molar-refractivity contribution in [1.29, 1.82) is 0 Å². The molecule has 3 fully saturated rings. The molecule has 1 aromatic carbocycles. The van der Waals surface area contributed by atoms with Crippen molar-refractivity contribution in [3.8, 4) is 0 Å². The Labute approximate surface area is 293 Å². The number of benzene rings is 1. The standard InChI is InChI=1S/C37H51N5O8/c1-21(20-38-23(3)43)7-12-34(45)22(2)35-32(40-39-31-11-9-26(41(46)47)18-33(31)42(48)49)19-30-28-10-8-25-17-27(50-24(4)44)13-15-36(25,5)29(28)14-16-37(30,35)6/h8-9,11,18,21-22,27-30,35,39H,7,10,12-17,19-20H2,1-6H3,(H,38,43)/b40-32+/t21-,22+,27+,28-,29+,30-,35-,36+,37+/m1/s1. The molecule has 272 valence electrons. The first kappa shape index (κ1) is 37.1. The van der Waals surface area contributed by atoms with E-state index in [-0.39, 0.29) is 69.6 Å². The second kappa shape index (κ2) is 14.6.